The fourth-order valence-corrected chi connectivity index (χ4v) is 1.04. The van der Waals surface area contributed by atoms with E-state index in [4.69, 9.17) is 16.7 Å². The van der Waals surface area contributed by atoms with E-state index in [0.717, 1.165) is 0 Å². The molecule has 0 spiro atoms. The summed E-state index contributed by atoms with van der Waals surface area (Å²) in [5.41, 5.74) is 0.532. The largest absolute Gasteiger partial charge is 0.392 e. The van der Waals surface area contributed by atoms with Gasteiger partial charge >= 0.3 is 0 Å². The van der Waals surface area contributed by atoms with Gasteiger partial charge in [-0.2, -0.15) is 0 Å². The van der Waals surface area contributed by atoms with E-state index in [1.54, 1.807) is 0 Å². The second-order valence-electron chi connectivity index (χ2n) is 1.61. The lowest BCUT2D eigenvalue weighted by Crippen LogP contribution is -1.90. The summed E-state index contributed by atoms with van der Waals surface area (Å²) in [6.45, 7) is -0.133. The zero-order chi connectivity index (χ0) is 7.56. The molecule has 0 aliphatic carbocycles. The molecule has 5 heteroatoms. The van der Waals surface area contributed by atoms with E-state index < -0.39 is 0 Å². The van der Waals surface area contributed by atoms with Crippen LogP contribution in [0.25, 0.3) is 0 Å². The van der Waals surface area contributed by atoms with Gasteiger partial charge in [0.2, 0.25) is 0 Å². The molecular formula is C5H4BrClN2O. The molecule has 10 heavy (non-hydrogen) atoms. The van der Waals surface area contributed by atoms with Gasteiger partial charge in [-0.3, -0.25) is 0 Å². The van der Waals surface area contributed by atoms with Gasteiger partial charge in [-0.15, -0.1) is 0 Å². The molecule has 0 atom stereocenters. The summed E-state index contributed by atoms with van der Waals surface area (Å²) in [6, 6.07) is 0. The van der Waals surface area contributed by atoms with Gasteiger partial charge in [-0.1, -0.05) is 11.6 Å². The van der Waals surface area contributed by atoms with E-state index >= 15 is 0 Å². The van der Waals surface area contributed by atoms with Crippen LogP contribution in [-0.4, -0.2) is 15.1 Å². The minimum Gasteiger partial charge on any atom is -0.392 e. The van der Waals surface area contributed by atoms with Gasteiger partial charge in [-0.05, 0) is 15.9 Å². The monoisotopic (exact) mass is 222 g/mol. The fraction of sp³-hybridized carbons (Fsp3) is 0.200. The molecule has 54 valence electrons. The van der Waals surface area contributed by atoms with Crippen molar-refractivity contribution in [3.05, 3.63) is 21.6 Å². The third-order valence-electron chi connectivity index (χ3n) is 0.953. The van der Waals surface area contributed by atoms with E-state index in [1.807, 2.05) is 0 Å². The molecule has 1 aromatic rings. The average Bonchev–Trinajstić information content (AvgIpc) is 1.88. The summed E-state index contributed by atoms with van der Waals surface area (Å²) < 4.78 is 0.426. The highest BCUT2D eigenvalue weighted by molar-refractivity contribution is 9.10. The Balaban J connectivity index is 3.07. The summed E-state index contributed by atoms with van der Waals surface area (Å²) in [5.74, 6) is 0. The van der Waals surface area contributed by atoms with Gasteiger partial charge in [0.15, 0.2) is 4.73 Å². The number of aliphatic hydroxyl groups excluding tert-OH is 1. The van der Waals surface area contributed by atoms with Crippen LogP contribution in [0.2, 0.25) is 5.15 Å². The minimum atomic E-state index is -0.133. The number of rotatable bonds is 1. The third-order valence-corrected chi connectivity index (χ3v) is 1.66. The Labute approximate surface area is 71.2 Å². The number of nitrogens with zero attached hydrogens (tertiary/aromatic N) is 2. The molecule has 0 saturated heterocycles. The van der Waals surface area contributed by atoms with Crippen LogP contribution in [0.1, 0.15) is 5.56 Å². The van der Waals surface area contributed by atoms with Crippen molar-refractivity contribution in [1.29, 1.82) is 0 Å². The van der Waals surface area contributed by atoms with E-state index in [-0.39, 0.29) is 11.8 Å². The maximum atomic E-state index is 8.63. The maximum Gasteiger partial charge on any atom is 0.197 e. The molecule has 0 bridgehead atoms. The quantitative estimate of drug-likeness (QED) is 0.578. The molecule has 1 N–H and O–H groups in total. The highest BCUT2D eigenvalue weighted by Gasteiger charge is 2.00. The smallest absolute Gasteiger partial charge is 0.197 e. The SMILES string of the molecule is OCc1cnc(Br)nc1Cl. The van der Waals surface area contributed by atoms with Crippen LogP contribution in [0.5, 0.6) is 0 Å². The van der Waals surface area contributed by atoms with Gasteiger partial charge in [-0.25, -0.2) is 9.97 Å². The molecule has 3 nitrogen and oxygen atoms in total. The summed E-state index contributed by atoms with van der Waals surface area (Å²) in [4.78, 5) is 7.53. The molecule has 0 unspecified atom stereocenters. The van der Waals surface area contributed by atoms with Crippen molar-refractivity contribution in [2.24, 2.45) is 0 Å². The summed E-state index contributed by atoms with van der Waals surface area (Å²) >= 11 is 8.63. The summed E-state index contributed by atoms with van der Waals surface area (Å²) in [6.07, 6.45) is 1.47. The van der Waals surface area contributed by atoms with Crippen molar-refractivity contribution in [2.75, 3.05) is 0 Å². The Hall–Kier alpha value is -0.190. The van der Waals surface area contributed by atoms with Crippen LogP contribution < -0.4 is 0 Å². The van der Waals surface area contributed by atoms with Gasteiger partial charge in [0.05, 0.1) is 6.61 Å². The number of aromatic nitrogens is 2. The molecule has 0 radical (unpaired) electrons. The summed E-state index contributed by atoms with van der Waals surface area (Å²) in [7, 11) is 0. The fourth-order valence-electron chi connectivity index (χ4n) is 0.472. The Kier molecular flexibility index (Phi) is 2.59. The van der Waals surface area contributed by atoms with Gasteiger partial charge in [0.1, 0.15) is 5.15 Å². The van der Waals surface area contributed by atoms with Gasteiger partial charge < -0.3 is 5.11 Å². The lowest BCUT2D eigenvalue weighted by Gasteiger charge is -1.96. The molecule has 0 aliphatic heterocycles. The standard InChI is InChI=1S/C5H4BrClN2O/c6-5-8-1-3(2-10)4(7)9-5/h1,10H,2H2. The second-order valence-corrected chi connectivity index (χ2v) is 2.68. The first-order chi connectivity index (χ1) is 4.74. The number of hydrogen-bond acceptors (Lipinski definition) is 3. The molecule has 1 aromatic heterocycles. The van der Waals surface area contributed by atoms with Crippen molar-refractivity contribution < 1.29 is 5.11 Å². The van der Waals surface area contributed by atoms with Crippen LogP contribution in [0, 0.1) is 0 Å². The van der Waals surface area contributed by atoms with Crippen molar-refractivity contribution in [3.63, 3.8) is 0 Å². The molecule has 1 heterocycles. The molecule has 0 fully saturated rings. The molecule has 0 amide bonds. The lowest BCUT2D eigenvalue weighted by molar-refractivity contribution is 0.281. The highest BCUT2D eigenvalue weighted by atomic mass is 79.9. The van der Waals surface area contributed by atoms with Crippen LogP contribution in [-0.2, 0) is 6.61 Å². The van der Waals surface area contributed by atoms with Crippen LogP contribution >= 0.6 is 27.5 Å². The predicted molar refractivity (Wildman–Crippen MR) is 40.7 cm³/mol. The van der Waals surface area contributed by atoms with Crippen molar-refractivity contribution in [2.45, 2.75) is 6.61 Å². The van der Waals surface area contributed by atoms with Gasteiger partial charge in [0, 0.05) is 11.8 Å². The molecule has 0 aliphatic rings. The van der Waals surface area contributed by atoms with Crippen molar-refractivity contribution >= 4 is 27.5 Å². The first-order valence-corrected chi connectivity index (χ1v) is 3.69. The Morgan fingerprint density at radius 2 is 2.40 bits per heavy atom. The Morgan fingerprint density at radius 1 is 1.70 bits per heavy atom. The van der Waals surface area contributed by atoms with Crippen LogP contribution in [0.3, 0.4) is 0 Å². The Morgan fingerprint density at radius 3 is 2.90 bits per heavy atom. The van der Waals surface area contributed by atoms with E-state index in [1.165, 1.54) is 6.20 Å². The van der Waals surface area contributed by atoms with Crippen molar-refractivity contribution in [3.8, 4) is 0 Å². The molecule has 1 rings (SSSR count). The predicted octanol–water partition coefficient (Wildman–Crippen LogP) is 1.38. The second kappa shape index (κ2) is 3.27. The third kappa shape index (κ3) is 1.65. The van der Waals surface area contributed by atoms with Crippen LogP contribution in [0.15, 0.2) is 10.9 Å². The maximum absolute atomic E-state index is 8.63. The van der Waals surface area contributed by atoms with E-state index in [0.29, 0.717) is 10.3 Å². The zero-order valence-corrected chi connectivity index (χ0v) is 7.22. The van der Waals surface area contributed by atoms with Gasteiger partial charge in [0.25, 0.3) is 0 Å². The molecular weight excluding hydrogens is 219 g/mol. The molecule has 0 saturated carbocycles. The lowest BCUT2D eigenvalue weighted by atomic mass is 10.4. The zero-order valence-electron chi connectivity index (χ0n) is 4.88. The minimum absolute atomic E-state index is 0.133. The van der Waals surface area contributed by atoms with E-state index in [9.17, 15) is 0 Å². The van der Waals surface area contributed by atoms with Crippen LogP contribution in [0.4, 0.5) is 0 Å². The first kappa shape index (κ1) is 7.91. The van der Waals surface area contributed by atoms with Crippen molar-refractivity contribution in [1.82, 2.24) is 9.97 Å². The first-order valence-electron chi connectivity index (χ1n) is 2.52. The molecule has 0 aromatic carbocycles. The summed E-state index contributed by atoms with van der Waals surface area (Å²) in [5, 5.41) is 8.91. The topological polar surface area (TPSA) is 46.0 Å². The normalized spacial score (nSPS) is 9.90. The average molecular weight is 223 g/mol. The Bertz CT molecular complexity index is 243. The number of aliphatic hydroxyl groups is 1. The number of hydrogen-bond donors (Lipinski definition) is 1. The number of halogens is 2. The highest BCUT2D eigenvalue weighted by Crippen LogP contribution is 2.13. The van der Waals surface area contributed by atoms with E-state index in [2.05, 4.69) is 25.9 Å².